The predicted octanol–water partition coefficient (Wildman–Crippen LogP) is 1.65. The van der Waals surface area contributed by atoms with Crippen LogP contribution in [-0.2, 0) is 9.47 Å². The zero-order chi connectivity index (χ0) is 10.4. The second-order valence-corrected chi connectivity index (χ2v) is 3.76. The number of ether oxygens (including phenoxy) is 2. The van der Waals surface area contributed by atoms with Crippen LogP contribution >= 0.6 is 11.3 Å². The van der Waals surface area contributed by atoms with Crippen LogP contribution in [0, 0.1) is 6.92 Å². The van der Waals surface area contributed by atoms with E-state index in [-0.39, 0.29) is 6.61 Å². The van der Waals surface area contributed by atoms with Crippen LogP contribution in [0.1, 0.15) is 4.88 Å². The maximum atomic E-state index is 11.1. The molecule has 1 heterocycles. The van der Waals surface area contributed by atoms with E-state index in [0.717, 1.165) is 4.88 Å². The zero-order valence-corrected chi connectivity index (χ0v) is 8.89. The number of aryl methyl sites for hydroxylation is 1. The molecule has 0 bridgehead atoms. The molecule has 0 atom stereocenters. The second-order valence-electron chi connectivity index (χ2n) is 2.53. The van der Waals surface area contributed by atoms with Crippen LogP contribution in [0.25, 0.3) is 0 Å². The highest BCUT2D eigenvalue weighted by Gasteiger charge is 2.05. The molecule has 0 aliphatic heterocycles. The van der Waals surface area contributed by atoms with Gasteiger partial charge in [-0.1, -0.05) is 0 Å². The lowest BCUT2D eigenvalue weighted by Crippen LogP contribution is -2.16. The maximum absolute atomic E-state index is 11.1. The lowest BCUT2D eigenvalue weighted by Gasteiger charge is -2.03. The number of amides is 1. The number of hydrogen-bond acceptors (Lipinski definition) is 5. The topological polar surface area (TPSA) is 60.5 Å². The largest absolute Gasteiger partial charge is 0.447 e. The molecule has 0 saturated heterocycles. The van der Waals surface area contributed by atoms with Gasteiger partial charge in [-0.2, -0.15) is 0 Å². The highest BCUT2D eigenvalue weighted by atomic mass is 32.1. The summed E-state index contributed by atoms with van der Waals surface area (Å²) in [6.07, 6.45) is 1.19. The van der Waals surface area contributed by atoms with Gasteiger partial charge in [0.1, 0.15) is 6.61 Å². The van der Waals surface area contributed by atoms with E-state index < -0.39 is 6.09 Å². The molecule has 1 N–H and O–H groups in total. The normalized spacial score (nSPS) is 9.86. The van der Waals surface area contributed by atoms with Crippen molar-refractivity contribution in [1.82, 2.24) is 4.98 Å². The Bertz CT molecular complexity index is 301. The third-order valence-electron chi connectivity index (χ3n) is 1.35. The van der Waals surface area contributed by atoms with E-state index in [0.29, 0.717) is 11.7 Å². The van der Waals surface area contributed by atoms with Gasteiger partial charge in [0.2, 0.25) is 0 Å². The zero-order valence-electron chi connectivity index (χ0n) is 8.07. The van der Waals surface area contributed by atoms with Crippen molar-refractivity contribution in [2.45, 2.75) is 6.92 Å². The summed E-state index contributed by atoms with van der Waals surface area (Å²) >= 11 is 1.40. The first-order chi connectivity index (χ1) is 6.72. The summed E-state index contributed by atoms with van der Waals surface area (Å²) in [5, 5.41) is 3.06. The van der Waals surface area contributed by atoms with Crippen molar-refractivity contribution < 1.29 is 14.3 Å². The number of rotatable bonds is 4. The molecule has 0 aromatic carbocycles. The summed E-state index contributed by atoms with van der Waals surface area (Å²) in [5.41, 5.74) is 0. The summed E-state index contributed by atoms with van der Waals surface area (Å²) in [5.74, 6) is 0. The smallest absolute Gasteiger partial charge is 0.413 e. The number of thiazole rings is 1. The van der Waals surface area contributed by atoms with Gasteiger partial charge >= 0.3 is 6.09 Å². The number of carbonyl (C=O) groups excluding carboxylic acids is 1. The fourth-order valence-electron chi connectivity index (χ4n) is 0.754. The molecule has 78 valence electrons. The Hall–Kier alpha value is -1.14. The first-order valence-electron chi connectivity index (χ1n) is 4.07. The van der Waals surface area contributed by atoms with Gasteiger partial charge in [0, 0.05) is 18.2 Å². The minimum atomic E-state index is -0.503. The van der Waals surface area contributed by atoms with Crippen molar-refractivity contribution in [3.05, 3.63) is 11.1 Å². The first kappa shape index (κ1) is 10.9. The van der Waals surface area contributed by atoms with Crippen molar-refractivity contribution in [1.29, 1.82) is 0 Å². The number of carbonyl (C=O) groups is 1. The third-order valence-corrected chi connectivity index (χ3v) is 2.18. The average molecular weight is 216 g/mol. The fourth-order valence-corrected chi connectivity index (χ4v) is 1.40. The lowest BCUT2D eigenvalue weighted by atomic mass is 10.7. The van der Waals surface area contributed by atoms with Crippen LogP contribution in [0.4, 0.5) is 9.93 Å². The summed E-state index contributed by atoms with van der Waals surface area (Å²) < 4.78 is 9.52. The Morgan fingerprint density at radius 1 is 1.64 bits per heavy atom. The highest BCUT2D eigenvalue weighted by Crippen LogP contribution is 2.16. The van der Waals surface area contributed by atoms with Crippen LogP contribution in [0.3, 0.4) is 0 Å². The van der Waals surface area contributed by atoms with E-state index in [1.54, 1.807) is 13.3 Å². The van der Waals surface area contributed by atoms with Gasteiger partial charge < -0.3 is 9.47 Å². The number of nitrogens with zero attached hydrogens (tertiary/aromatic N) is 1. The van der Waals surface area contributed by atoms with E-state index in [1.165, 1.54) is 11.3 Å². The van der Waals surface area contributed by atoms with E-state index >= 15 is 0 Å². The molecular formula is C8H12N2O3S. The minimum absolute atomic E-state index is 0.243. The summed E-state index contributed by atoms with van der Waals surface area (Å²) in [7, 11) is 1.55. The van der Waals surface area contributed by atoms with Gasteiger partial charge in [-0.05, 0) is 6.92 Å². The van der Waals surface area contributed by atoms with Crippen molar-refractivity contribution in [3.63, 3.8) is 0 Å². The minimum Gasteiger partial charge on any atom is -0.447 e. The number of methoxy groups -OCH3 is 1. The number of hydrogen-bond donors (Lipinski definition) is 1. The Balaban J connectivity index is 2.27. The molecule has 0 unspecified atom stereocenters. The van der Waals surface area contributed by atoms with Gasteiger partial charge in [-0.25, -0.2) is 9.78 Å². The van der Waals surface area contributed by atoms with E-state index in [4.69, 9.17) is 9.47 Å². The molecule has 0 spiro atoms. The van der Waals surface area contributed by atoms with Crippen molar-refractivity contribution in [2.75, 3.05) is 25.6 Å². The Morgan fingerprint density at radius 3 is 3.00 bits per heavy atom. The molecule has 5 nitrogen and oxygen atoms in total. The molecule has 1 rings (SSSR count). The van der Waals surface area contributed by atoms with Gasteiger partial charge in [0.25, 0.3) is 0 Å². The van der Waals surface area contributed by atoms with Crippen LogP contribution in [-0.4, -0.2) is 31.4 Å². The number of nitrogens with one attached hydrogen (secondary N) is 1. The quantitative estimate of drug-likeness (QED) is 0.777. The molecule has 14 heavy (non-hydrogen) atoms. The Labute approximate surface area is 86.1 Å². The summed E-state index contributed by atoms with van der Waals surface area (Å²) in [4.78, 5) is 16.1. The number of aromatic nitrogens is 1. The summed E-state index contributed by atoms with van der Waals surface area (Å²) in [6.45, 7) is 2.55. The lowest BCUT2D eigenvalue weighted by molar-refractivity contribution is 0.107. The molecule has 1 aromatic rings. The van der Waals surface area contributed by atoms with Crippen LogP contribution < -0.4 is 5.32 Å². The second kappa shape index (κ2) is 5.56. The van der Waals surface area contributed by atoms with E-state index in [1.807, 2.05) is 6.92 Å². The van der Waals surface area contributed by atoms with Gasteiger partial charge in [0.05, 0.1) is 6.61 Å². The van der Waals surface area contributed by atoms with Crippen LogP contribution in [0.2, 0.25) is 0 Å². The molecule has 0 aliphatic carbocycles. The highest BCUT2D eigenvalue weighted by molar-refractivity contribution is 7.15. The van der Waals surface area contributed by atoms with Crippen molar-refractivity contribution in [3.8, 4) is 0 Å². The predicted molar refractivity (Wildman–Crippen MR) is 53.7 cm³/mol. The van der Waals surface area contributed by atoms with Gasteiger partial charge in [0.15, 0.2) is 5.13 Å². The van der Waals surface area contributed by atoms with E-state index in [9.17, 15) is 4.79 Å². The Kier molecular flexibility index (Phi) is 4.34. The molecule has 0 aliphatic rings. The molecule has 1 aromatic heterocycles. The standard InChI is InChI=1S/C8H12N2O3S/c1-6-5-9-7(14-6)10-8(11)13-4-3-12-2/h5H,3-4H2,1-2H3,(H,9,10,11). The molecule has 0 saturated carbocycles. The van der Waals surface area contributed by atoms with Crippen molar-refractivity contribution >= 4 is 22.6 Å². The van der Waals surface area contributed by atoms with Crippen LogP contribution in [0.15, 0.2) is 6.20 Å². The molecule has 1 amide bonds. The average Bonchev–Trinajstić information content (AvgIpc) is 2.52. The molecular weight excluding hydrogens is 204 g/mol. The van der Waals surface area contributed by atoms with Gasteiger partial charge in [-0.15, -0.1) is 11.3 Å². The SMILES string of the molecule is COCCOC(=O)Nc1ncc(C)s1. The fraction of sp³-hybridized carbons (Fsp3) is 0.500. The number of anilines is 1. The maximum Gasteiger partial charge on any atom is 0.413 e. The third kappa shape index (κ3) is 3.71. The molecule has 0 radical (unpaired) electrons. The van der Waals surface area contributed by atoms with Crippen molar-refractivity contribution in [2.24, 2.45) is 0 Å². The van der Waals surface area contributed by atoms with E-state index in [2.05, 4.69) is 10.3 Å². The summed E-state index contributed by atoms with van der Waals surface area (Å²) in [6, 6.07) is 0. The van der Waals surface area contributed by atoms with Crippen LogP contribution in [0.5, 0.6) is 0 Å². The first-order valence-corrected chi connectivity index (χ1v) is 4.89. The monoisotopic (exact) mass is 216 g/mol. The molecule has 0 fully saturated rings. The van der Waals surface area contributed by atoms with Gasteiger partial charge in [-0.3, -0.25) is 5.32 Å². The molecule has 6 heteroatoms. The Morgan fingerprint density at radius 2 is 2.43 bits per heavy atom.